The van der Waals surface area contributed by atoms with E-state index in [2.05, 4.69) is 11.9 Å². The summed E-state index contributed by atoms with van der Waals surface area (Å²) in [5.41, 5.74) is 0. The molecule has 0 bridgehead atoms. The van der Waals surface area contributed by atoms with Crippen molar-refractivity contribution in [2.24, 2.45) is 7.05 Å². The lowest BCUT2D eigenvalue weighted by Gasteiger charge is -1.99. The van der Waals surface area contributed by atoms with Crippen LogP contribution in [0, 0.1) is 0 Å². The largest absolute Gasteiger partial charge is 0.491 e. The number of imidazole rings is 1. The SMILES string of the molecule is CCCCc1nc(O)c(O)n1C. The summed E-state index contributed by atoms with van der Waals surface area (Å²) in [6.45, 7) is 2.09. The molecule has 0 aliphatic rings. The molecular formula is C8H14N2O2. The van der Waals surface area contributed by atoms with Gasteiger partial charge in [-0.05, 0) is 6.42 Å². The fourth-order valence-electron chi connectivity index (χ4n) is 1.08. The fraction of sp³-hybridized carbons (Fsp3) is 0.625. The minimum atomic E-state index is -0.274. The van der Waals surface area contributed by atoms with Gasteiger partial charge in [0.15, 0.2) is 0 Å². The molecule has 1 heterocycles. The van der Waals surface area contributed by atoms with Crippen LogP contribution in [0.1, 0.15) is 25.6 Å². The van der Waals surface area contributed by atoms with Gasteiger partial charge < -0.3 is 10.2 Å². The third kappa shape index (κ3) is 1.52. The third-order valence-corrected chi connectivity index (χ3v) is 1.89. The molecule has 0 spiro atoms. The summed E-state index contributed by atoms with van der Waals surface area (Å²) >= 11 is 0. The van der Waals surface area contributed by atoms with Crippen molar-refractivity contribution < 1.29 is 10.2 Å². The average Bonchev–Trinajstić information content (AvgIpc) is 2.30. The molecule has 0 aliphatic carbocycles. The molecule has 0 atom stereocenters. The highest BCUT2D eigenvalue weighted by Gasteiger charge is 2.11. The van der Waals surface area contributed by atoms with Gasteiger partial charge in [-0.3, -0.25) is 4.57 Å². The number of hydrogen-bond donors (Lipinski definition) is 2. The van der Waals surface area contributed by atoms with Gasteiger partial charge in [-0.25, -0.2) is 0 Å². The molecule has 1 aromatic rings. The van der Waals surface area contributed by atoms with Gasteiger partial charge in [0.1, 0.15) is 5.82 Å². The molecule has 0 saturated heterocycles. The topological polar surface area (TPSA) is 58.3 Å². The van der Waals surface area contributed by atoms with Gasteiger partial charge in [0.05, 0.1) is 0 Å². The fourth-order valence-corrected chi connectivity index (χ4v) is 1.08. The molecule has 0 radical (unpaired) electrons. The molecule has 4 nitrogen and oxygen atoms in total. The third-order valence-electron chi connectivity index (χ3n) is 1.89. The Morgan fingerprint density at radius 1 is 1.42 bits per heavy atom. The summed E-state index contributed by atoms with van der Waals surface area (Å²) in [7, 11) is 1.69. The molecular weight excluding hydrogens is 156 g/mol. The number of hydrogen-bond acceptors (Lipinski definition) is 3. The first-order valence-corrected chi connectivity index (χ1v) is 4.10. The summed E-state index contributed by atoms with van der Waals surface area (Å²) < 4.78 is 1.50. The van der Waals surface area contributed by atoms with Crippen molar-refractivity contribution in [2.75, 3.05) is 0 Å². The summed E-state index contributed by atoms with van der Waals surface area (Å²) in [5, 5.41) is 18.2. The van der Waals surface area contributed by atoms with Crippen molar-refractivity contribution >= 4 is 0 Å². The van der Waals surface area contributed by atoms with Crippen LogP contribution in [0.25, 0.3) is 0 Å². The number of aromatic hydroxyl groups is 2. The molecule has 1 aromatic heterocycles. The Morgan fingerprint density at radius 2 is 2.08 bits per heavy atom. The first-order chi connectivity index (χ1) is 5.66. The molecule has 1 rings (SSSR count). The lowest BCUT2D eigenvalue weighted by atomic mass is 10.2. The van der Waals surface area contributed by atoms with E-state index in [-0.39, 0.29) is 11.8 Å². The lowest BCUT2D eigenvalue weighted by molar-refractivity contribution is 0.373. The van der Waals surface area contributed by atoms with Crippen LogP contribution in [0.3, 0.4) is 0 Å². The van der Waals surface area contributed by atoms with Crippen LogP contribution >= 0.6 is 0 Å². The van der Waals surface area contributed by atoms with Crippen LogP contribution < -0.4 is 0 Å². The molecule has 68 valence electrons. The second-order valence-corrected chi connectivity index (χ2v) is 2.84. The summed E-state index contributed by atoms with van der Waals surface area (Å²) in [5.74, 6) is 0.302. The maximum atomic E-state index is 9.18. The highest BCUT2D eigenvalue weighted by Crippen LogP contribution is 2.24. The van der Waals surface area contributed by atoms with Gasteiger partial charge in [-0.15, -0.1) is 0 Å². The lowest BCUT2D eigenvalue weighted by Crippen LogP contribution is -1.97. The van der Waals surface area contributed by atoms with Gasteiger partial charge in [-0.1, -0.05) is 13.3 Å². The van der Waals surface area contributed by atoms with Crippen molar-refractivity contribution in [3.63, 3.8) is 0 Å². The van der Waals surface area contributed by atoms with E-state index in [9.17, 15) is 5.11 Å². The van der Waals surface area contributed by atoms with Gasteiger partial charge in [0.2, 0.25) is 0 Å². The first-order valence-electron chi connectivity index (χ1n) is 4.10. The maximum Gasteiger partial charge on any atom is 0.275 e. The van der Waals surface area contributed by atoms with E-state index in [0.717, 1.165) is 25.1 Å². The van der Waals surface area contributed by atoms with Crippen LogP contribution in [-0.2, 0) is 13.5 Å². The van der Waals surface area contributed by atoms with Crippen molar-refractivity contribution in [1.82, 2.24) is 9.55 Å². The molecule has 0 aromatic carbocycles. The standard InChI is InChI=1S/C8H14N2O2/c1-3-4-5-6-9-7(11)8(12)10(6)2/h11-12H,3-5H2,1-2H3. The van der Waals surface area contributed by atoms with E-state index in [0.29, 0.717) is 0 Å². The van der Waals surface area contributed by atoms with E-state index in [4.69, 9.17) is 5.11 Å². The van der Waals surface area contributed by atoms with E-state index < -0.39 is 0 Å². The first kappa shape index (κ1) is 8.90. The zero-order chi connectivity index (χ0) is 9.14. The van der Waals surface area contributed by atoms with Crippen LogP contribution in [0.4, 0.5) is 0 Å². The summed E-state index contributed by atoms with van der Waals surface area (Å²) in [6, 6.07) is 0. The Hall–Kier alpha value is -1.19. The monoisotopic (exact) mass is 170 g/mol. The van der Waals surface area contributed by atoms with Crippen LogP contribution in [-0.4, -0.2) is 19.8 Å². The Kier molecular flexibility index (Phi) is 2.58. The number of aryl methyl sites for hydroxylation is 1. The van der Waals surface area contributed by atoms with E-state index in [1.165, 1.54) is 4.57 Å². The predicted octanol–water partition coefficient (Wildman–Crippen LogP) is 1.17. The van der Waals surface area contributed by atoms with Crippen LogP contribution in [0.15, 0.2) is 0 Å². The minimum Gasteiger partial charge on any atom is -0.491 e. The summed E-state index contributed by atoms with van der Waals surface area (Å²) in [4.78, 5) is 3.82. The highest BCUT2D eigenvalue weighted by molar-refractivity contribution is 5.26. The number of rotatable bonds is 3. The molecule has 2 N–H and O–H groups in total. The molecule has 0 amide bonds. The van der Waals surface area contributed by atoms with Crippen molar-refractivity contribution in [3.05, 3.63) is 5.82 Å². The molecule has 0 aliphatic heterocycles. The van der Waals surface area contributed by atoms with Crippen molar-refractivity contribution in [2.45, 2.75) is 26.2 Å². The van der Waals surface area contributed by atoms with E-state index in [1.54, 1.807) is 7.05 Å². The van der Waals surface area contributed by atoms with Gasteiger partial charge in [0.25, 0.3) is 11.8 Å². The smallest absolute Gasteiger partial charge is 0.275 e. The average molecular weight is 170 g/mol. The molecule has 12 heavy (non-hydrogen) atoms. The molecule has 4 heteroatoms. The Balaban J connectivity index is 2.79. The van der Waals surface area contributed by atoms with Gasteiger partial charge >= 0.3 is 0 Å². The van der Waals surface area contributed by atoms with E-state index in [1.807, 2.05) is 0 Å². The zero-order valence-corrected chi connectivity index (χ0v) is 7.41. The number of nitrogens with zero attached hydrogens (tertiary/aromatic N) is 2. The molecule has 0 saturated carbocycles. The highest BCUT2D eigenvalue weighted by atomic mass is 16.3. The minimum absolute atomic E-state index is 0.152. The second kappa shape index (κ2) is 3.47. The number of unbranched alkanes of at least 4 members (excludes halogenated alkanes) is 1. The maximum absolute atomic E-state index is 9.18. The zero-order valence-electron chi connectivity index (χ0n) is 7.41. The van der Waals surface area contributed by atoms with Crippen molar-refractivity contribution in [1.29, 1.82) is 0 Å². The quantitative estimate of drug-likeness (QED) is 0.716. The molecule has 0 unspecified atom stereocenters. The second-order valence-electron chi connectivity index (χ2n) is 2.84. The normalized spacial score (nSPS) is 10.5. The Morgan fingerprint density at radius 3 is 2.50 bits per heavy atom. The van der Waals surface area contributed by atoms with E-state index >= 15 is 0 Å². The van der Waals surface area contributed by atoms with Gasteiger partial charge in [0, 0.05) is 13.5 Å². The van der Waals surface area contributed by atoms with Crippen LogP contribution in [0.5, 0.6) is 11.8 Å². The Bertz CT molecular complexity index is 268. The Labute approximate surface area is 71.5 Å². The predicted molar refractivity (Wildman–Crippen MR) is 45.1 cm³/mol. The van der Waals surface area contributed by atoms with Crippen LogP contribution in [0.2, 0.25) is 0 Å². The summed E-state index contributed by atoms with van der Waals surface area (Å²) in [6.07, 6.45) is 2.89. The van der Waals surface area contributed by atoms with Crippen molar-refractivity contribution in [3.8, 4) is 11.8 Å². The molecule has 0 fully saturated rings. The number of aromatic nitrogens is 2. The van der Waals surface area contributed by atoms with Gasteiger partial charge in [-0.2, -0.15) is 4.98 Å².